The van der Waals surface area contributed by atoms with E-state index in [0.717, 1.165) is 38.4 Å². The third kappa shape index (κ3) is 6.87. The van der Waals surface area contributed by atoms with E-state index < -0.39 is 0 Å². The molecule has 5 heteroatoms. The molecule has 1 aromatic heterocycles. The molecule has 0 atom stereocenters. The minimum absolute atomic E-state index is 0.135. The summed E-state index contributed by atoms with van der Waals surface area (Å²) in [5, 5.41) is 11.8. The maximum absolute atomic E-state index is 4.21. The van der Waals surface area contributed by atoms with Crippen molar-refractivity contribution in [2.24, 2.45) is 5.92 Å². The van der Waals surface area contributed by atoms with Gasteiger partial charge in [-0.05, 0) is 33.2 Å². The Balaban J connectivity index is 2.44. The monoisotopic (exact) mass is 293 g/mol. The van der Waals surface area contributed by atoms with Crippen LogP contribution in [-0.2, 0) is 13.1 Å². The van der Waals surface area contributed by atoms with Crippen LogP contribution in [0.1, 0.15) is 40.3 Å². The van der Waals surface area contributed by atoms with E-state index in [4.69, 9.17) is 0 Å². The van der Waals surface area contributed by atoms with Gasteiger partial charge in [0.05, 0.1) is 12.2 Å². The van der Waals surface area contributed by atoms with Crippen molar-refractivity contribution in [2.45, 2.75) is 53.2 Å². The second kappa shape index (κ2) is 8.29. The van der Waals surface area contributed by atoms with Gasteiger partial charge in [-0.25, -0.2) is 0 Å². The highest BCUT2D eigenvalue weighted by atomic mass is 15.4. The minimum Gasteiger partial charge on any atom is -0.311 e. The smallest absolute Gasteiger partial charge is 0.0964 e. The third-order valence-electron chi connectivity index (χ3n) is 3.34. The molecule has 0 fully saturated rings. The summed E-state index contributed by atoms with van der Waals surface area (Å²) in [6.07, 6.45) is 3.98. The number of aromatic nitrogens is 3. The number of nitrogens with zero attached hydrogens (tertiary/aromatic N) is 4. The number of rotatable bonds is 9. The Hall–Kier alpha value is -1.20. The zero-order valence-corrected chi connectivity index (χ0v) is 14.3. The predicted molar refractivity (Wildman–Crippen MR) is 88.1 cm³/mol. The van der Waals surface area contributed by atoms with Gasteiger partial charge in [-0.2, -0.15) is 0 Å². The lowest BCUT2D eigenvalue weighted by atomic mass is 10.1. The molecule has 0 radical (unpaired) electrons. The molecule has 1 aromatic rings. The highest BCUT2D eigenvalue weighted by Gasteiger charge is 2.19. The topological polar surface area (TPSA) is 46.0 Å². The Morgan fingerprint density at radius 1 is 1.43 bits per heavy atom. The van der Waals surface area contributed by atoms with E-state index in [1.165, 1.54) is 0 Å². The first kappa shape index (κ1) is 17.9. The van der Waals surface area contributed by atoms with Gasteiger partial charge in [0.25, 0.3) is 0 Å². The maximum atomic E-state index is 4.21. The van der Waals surface area contributed by atoms with Crippen LogP contribution >= 0.6 is 0 Å². The molecular formula is C16H31N5. The summed E-state index contributed by atoms with van der Waals surface area (Å²) in [6, 6.07) is 0. The largest absolute Gasteiger partial charge is 0.311 e. The third-order valence-corrected chi connectivity index (χ3v) is 3.34. The molecule has 21 heavy (non-hydrogen) atoms. The van der Waals surface area contributed by atoms with Crippen LogP contribution in [0.4, 0.5) is 0 Å². The molecule has 0 saturated carbocycles. The molecule has 0 aliphatic rings. The van der Waals surface area contributed by atoms with Crippen LogP contribution in [0.15, 0.2) is 18.9 Å². The molecule has 120 valence electrons. The fraction of sp³-hybridized carbons (Fsp3) is 0.750. The summed E-state index contributed by atoms with van der Waals surface area (Å²) in [7, 11) is 0. The van der Waals surface area contributed by atoms with Crippen molar-refractivity contribution in [3.63, 3.8) is 0 Å². The van der Waals surface area contributed by atoms with E-state index in [1.807, 2.05) is 17.0 Å². The first-order chi connectivity index (χ1) is 9.82. The van der Waals surface area contributed by atoms with Gasteiger partial charge in [0, 0.05) is 31.4 Å². The van der Waals surface area contributed by atoms with Gasteiger partial charge < -0.3 is 5.32 Å². The Bertz CT molecular complexity index is 417. The lowest BCUT2D eigenvalue weighted by molar-refractivity contribution is 0.146. The van der Waals surface area contributed by atoms with Gasteiger partial charge >= 0.3 is 0 Å². The van der Waals surface area contributed by atoms with Gasteiger partial charge in [0.2, 0.25) is 0 Å². The van der Waals surface area contributed by atoms with Gasteiger partial charge in [-0.1, -0.05) is 25.1 Å². The first-order valence-corrected chi connectivity index (χ1v) is 7.78. The fourth-order valence-electron chi connectivity index (χ4n) is 2.10. The van der Waals surface area contributed by atoms with E-state index in [0.29, 0.717) is 5.92 Å². The molecule has 0 aromatic carbocycles. The number of hydrogen-bond acceptors (Lipinski definition) is 4. The standard InChI is InChI=1S/C16H31N5/c1-7-8-20(16(4,5)6)9-10-21-13-15(18-19-21)12-17-11-14(2)3/h7,13-14,17H,1,8-12H2,2-6H3. The van der Waals surface area contributed by atoms with Crippen LogP contribution in [0.3, 0.4) is 0 Å². The molecular weight excluding hydrogens is 262 g/mol. The van der Waals surface area contributed by atoms with Crippen LogP contribution in [0.25, 0.3) is 0 Å². The summed E-state index contributed by atoms with van der Waals surface area (Å²) < 4.78 is 1.92. The van der Waals surface area contributed by atoms with Crippen molar-refractivity contribution in [1.29, 1.82) is 0 Å². The highest BCUT2D eigenvalue weighted by Crippen LogP contribution is 2.12. The van der Waals surface area contributed by atoms with Crippen LogP contribution in [0.2, 0.25) is 0 Å². The average Bonchev–Trinajstić information content (AvgIpc) is 2.80. The van der Waals surface area contributed by atoms with Crippen LogP contribution in [0.5, 0.6) is 0 Å². The van der Waals surface area contributed by atoms with Crippen LogP contribution in [0, 0.1) is 5.92 Å². The molecule has 0 aliphatic heterocycles. The highest BCUT2D eigenvalue weighted by molar-refractivity contribution is 4.92. The van der Waals surface area contributed by atoms with Crippen molar-refractivity contribution in [1.82, 2.24) is 25.2 Å². The molecule has 0 spiro atoms. The molecule has 1 N–H and O–H groups in total. The van der Waals surface area contributed by atoms with Crippen molar-refractivity contribution in [2.75, 3.05) is 19.6 Å². The van der Waals surface area contributed by atoms with E-state index in [1.54, 1.807) is 0 Å². The molecule has 1 rings (SSSR count). The lowest BCUT2D eigenvalue weighted by Gasteiger charge is -2.34. The Morgan fingerprint density at radius 3 is 2.71 bits per heavy atom. The summed E-state index contributed by atoms with van der Waals surface area (Å²) in [5.74, 6) is 0.652. The SMILES string of the molecule is C=CCN(CCn1cc(CNCC(C)C)nn1)C(C)(C)C. The second-order valence-corrected chi connectivity index (χ2v) is 6.90. The molecule has 5 nitrogen and oxygen atoms in total. The van der Waals surface area contributed by atoms with Crippen LogP contribution in [-0.4, -0.2) is 45.1 Å². The fourth-order valence-corrected chi connectivity index (χ4v) is 2.10. The van der Waals surface area contributed by atoms with Gasteiger partial charge in [-0.3, -0.25) is 9.58 Å². The number of nitrogens with one attached hydrogen (secondary N) is 1. The zero-order chi connectivity index (χ0) is 15.9. The average molecular weight is 293 g/mol. The minimum atomic E-state index is 0.135. The van der Waals surface area contributed by atoms with E-state index in [2.05, 4.69) is 61.7 Å². The molecule has 0 unspecified atom stereocenters. The van der Waals surface area contributed by atoms with Crippen LogP contribution < -0.4 is 5.32 Å². The molecule has 0 bridgehead atoms. The number of hydrogen-bond donors (Lipinski definition) is 1. The van der Waals surface area contributed by atoms with Crippen molar-refractivity contribution < 1.29 is 0 Å². The summed E-state index contributed by atoms with van der Waals surface area (Å²) in [4.78, 5) is 2.39. The van der Waals surface area contributed by atoms with Crippen molar-refractivity contribution in [3.8, 4) is 0 Å². The maximum Gasteiger partial charge on any atom is 0.0964 e. The second-order valence-electron chi connectivity index (χ2n) is 6.90. The Labute approximate surface area is 129 Å². The van der Waals surface area contributed by atoms with Gasteiger partial charge in [0.1, 0.15) is 0 Å². The molecule has 0 aliphatic carbocycles. The first-order valence-electron chi connectivity index (χ1n) is 7.78. The van der Waals surface area contributed by atoms with Gasteiger partial charge in [-0.15, -0.1) is 11.7 Å². The Morgan fingerprint density at radius 2 is 2.14 bits per heavy atom. The summed E-state index contributed by atoms with van der Waals surface area (Å²) in [5.41, 5.74) is 1.14. The van der Waals surface area contributed by atoms with E-state index in [-0.39, 0.29) is 5.54 Å². The Kier molecular flexibility index (Phi) is 7.05. The molecule has 0 amide bonds. The predicted octanol–water partition coefficient (Wildman–Crippen LogP) is 2.31. The van der Waals surface area contributed by atoms with E-state index >= 15 is 0 Å². The normalized spacial score (nSPS) is 12.3. The lowest BCUT2D eigenvalue weighted by Crippen LogP contribution is -2.43. The van der Waals surface area contributed by atoms with Crippen molar-refractivity contribution in [3.05, 3.63) is 24.5 Å². The van der Waals surface area contributed by atoms with Gasteiger partial charge in [0.15, 0.2) is 0 Å². The zero-order valence-electron chi connectivity index (χ0n) is 14.3. The van der Waals surface area contributed by atoms with E-state index in [9.17, 15) is 0 Å². The summed E-state index contributed by atoms with van der Waals surface area (Å²) >= 11 is 0. The van der Waals surface area contributed by atoms with Crippen molar-refractivity contribution >= 4 is 0 Å². The molecule has 0 saturated heterocycles. The molecule has 1 heterocycles. The summed E-state index contributed by atoms with van der Waals surface area (Å²) in [6.45, 7) is 19.4. The quantitative estimate of drug-likeness (QED) is 0.710.